The lowest BCUT2D eigenvalue weighted by Gasteiger charge is -2.24. The number of hydrogen-bond donors (Lipinski definition) is 0. The number of likely N-dealkylation sites (N-methyl/N-ethyl adjacent to an activating group) is 1. The van der Waals surface area contributed by atoms with E-state index in [4.69, 9.17) is 11.6 Å². The largest absolute Gasteiger partial charge is 0.326 e. The molecule has 2 aromatic rings. The second-order valence-corrected chi connectivity index (χ2v) is 6.13. The van der Waals surface area contributed by atoms with E-state index in [0.29, 0.717) is 17.4 Å². The van der Waals surface area contributed by atoms with Gasteiger partial charge in [-0.3, -0.25) is 0 Å². The normalized spacial score (nSPS) is 16.4. The highest BCUT2D eigenvalue weighted by atomic mass is 35.5. The van der Waals surface area contributed by atoms with Crippen LogP contribution in [0.25, 0.3) is 11.0 Å². The van der Waals surface area contributed by atoms with Crippen LogP contribution in [0.15, 0.2) is 18.2 Å². The molecule has 21 heavy (non-hydrogen) atoms. The molecule has 1 fully saturated rings. The van der Waals surface area contributed by atoms with E-state index in [0.717, 1.165) is 24.4 Å². The molecule has 1 aliphatic rings. The Hall–Kier alpha value is -1.13. The van der Waals surface area contributed by atoms with Gasteiger partial charge >= 0.3 is 0 Å². The highest BCUT2D eigenvalue weighted by Crippen LogP contribution is 2.23. The van der Waals surface area contributed by atoms with Crippen LogP contribution in [0.2, 0.25) is 0 Å². The molecule has 0 saturated heterocycles. The SMILES string of the molecule is CN(CCn1c(CCl)nc2cc(F)ccc21)C1CCCC1. The maximum Gasteiger partial charge on any atom is 0.125 e. The van der Waals surface area contributed by atoms with Crippen LogP contribution in [0.5, 0.6) is 0 Å². The quantitative estimate of drug-likeness (QED) is 0.784. The molecule has 1 heterocycles. The third-order valence-corrected chi connectivity index (χ3v) is 4.77. The van der Waals surface area contributed by atoms with Crippen LogP contribution >= 0.6 is 11.6 Å². The standard InChI is InChI=1S/C16H21ClFN3/c1-20(13-4-2-3-5-13)8-9-21-15-7-6-12(18)10-14(15)19-16(21)11-17/h6-7,10,13H,2-5,8-9,11H2,1H3. The zero-order valence-corrected chi connectivity index (χ0v) is 13.1. The molecule has 3 rings (SSSR count). The van der Waals surface area contributed by atoms with Gasteiger partial charge in [0.2, 0.25) is 0 Å². The number of hydrogen-bond acceptors (Lipinski definition) is 2. The van der Waals surface area contributed by atoms with E-state index in [2.05, 4.69) is 21.5 Å². The smallest absolute Gasteiger partial charge is 0.125 e. The Morgan fingerprint density at radius 1 is 1.38 bits per heavy atom. The topological polar surface area (TPSA) is 21.1 Å². The molecular weight excluding hydrogens is 289 g/mol. The number of rotatable bonds is 5. The van der Waals surface area contributed by atoms with E-state index < -0.39 is 0 Å². The Kier molecular flexibility index (Phi) is 4.45. The summed E-state index contributed by atoms with van der Waals surface area (Å²) in [7, 11) is 2.19. The molecule has 1 aromatic carbocycles. The number of aromatic nitrogens is 2. The Morgan fingerprint density at radius 3 is 2.86 bits per heavy atom. The molecule has 0 atom stereocenters. The molecule has 0 N–H and O–H groups in total. The molecule has 3 nitrogen and oxygen atoms in total. The molecule has 1 saturated carbocycles. The molecule has 1 aromatic heterocycles. The van der Waals surface area contributed by atoms with E-state index >= 15 is 0 Å². The zero-order valence-electron chi connectivity index (χ0n) is 12.4. The molecule has 0 unspecified atom stereocenters. The van der Waals surface area contributed by atoms with E-state index in [1.165, 1.54) is 37.8 Å². The maximum absolute atomic E-state index is 13.3. The fourth-order valence-corrected chi connectivity index (χ4v) is 3.49. The highest BCUT2D eigenvalue weighted by molar-refractivity contribution is 6.16. The number of alkyl halides is 1. The van der Waals surface area contributed by atoms with E-state index in [9.17, 15) is 4.39 Å². The number of fused-ring (bicyclic) bond motifs is 1. The van der Waals surface area contributed by atoms with Crippen molar-refractivity contribution < 1.29 is 4.39 Å². The van der Waals surface area contributed by atoms with Crippen LogP contribution in [-0.4, -0.2) is 34.1 Å². The molecular formula is C16H21ClFN3. The second-order valence-electron chi connectivity index (χ2n) is 5.87. The first-order valence-electron chi connectivity index (χ1n) is 7.60. The van der Waals surface area contributed by atoms with Crippen molar-refractivity contribution in [1.29, 1.82) is 0 Å². The third-order valence-electron chi connectivity index (χ3n) is 4.53. The molecule has 5 heteroatoms. The van der Waals surface area contributed by atoms with Crippen LogP contribution in [0.4, 0.5) is 4.39 Å². The fraction of sp³-hybridized carbons (Fsp3) is 0.562. The van der Waals surface area contributed by atoms with Crippen molar-refractivity contribution in [3.63, 3.8) is 0 Å². The lowest BCUT2D eigenvalue weighted by atomic mass is 10.2. The molecule has 0 bridgehead atoms. The average molecular weight is 310 g/mol. The van der Waals surface area contributed by atoms with Crippen LogP contribution < -0.4 is 0 Å². The van der Waals surface area contributed by atoms with Crippen LogP contribution in [0.3, 0.4) is 0 Å². The summed E-state index contributed by atoms with van der Waals surface area (Å²) >= 11 is 6.00. The first-order valence-corrected chi connectivity index (χ1v) is 8.13. The minimum absolute atomic E-state index is 0.253. The Morgan fingerprint density at radius 2 is 2.14 bits per heavy atom. The number of imidazole rings is 1. The van der Waals surface area contributed by atoms with Crippen molar-refractivity contribution in [2.75, 3.05) is 13.6 Å². The van der Waals surface area contributed by atoms with E-state index in [1.54, 1.807) is 6.07 Å². The van der Waals surface area contributed by atoms with Crippen molar-refractivity contribution in [3.8, 4) is 0 Å². The van der Waals surface area contributed by atoms with Crippen LogP contribution in [-0.2, 0) is 12.4 Å². The summed E-state index contributed by atoms with van der Waals surface area (Å²) in [4.78, 5) is 6.87. The second kappa shape index (κ2) is 6.32. The van der Waals surface area contributed by atoms with Gasteiger partial charge in [0, 0.05) is 25.2 Å². The number of nitrogens with zero attached hydrogens (tertiary/aromatic N) is 3. The van der Waals surface area contributed by atoms with Crippen LogP contribution in [0, 0.1) is 5.82 Å². The third kappa shape index (κ3) is 3.06. The molecule has 0 radical (unpaired) electrons. The van der Waals surface area contributed by atoms with Gasteiger partial charge in [0.05, 0.1) is 16.9 Å². The fourth-order valence-electron chi connectivity index (χ4n) is 3.29. The van der Waals surface area contributed by atoms with Gasteiger partial charge in [-0.25, -0.2) is 9.37 Å². The first-order chi connectivity index (χ1) is 10.2. The first kappa shape index (κ1) is 14.8. The van der Waals surface area contributed by atoms with Crippen LogP contribution in [0.1, 0.15) is 31.5 Å². The van der Waals surface area contributed by atoms with Gasteiger partial charge in [0.25, 0.3) is 0 Å². The number of halogens is 2. The van der Waals surface area contributed by atoms with E-state index in [-0.39, 0.29) is 5.82 Å². The monoisotopic (exact) mass is 309 g/mol. The highest BCUT2D eigenvalue weighted by Gasteiger charge is 2.19. The summed E-state index contributed by atoms with van der Waals surface area (Å²) in [5, 5.41) is 0. The summed E-state index contributed by atoms with van der Waals surface area (Å²) in [6, 6.07) is 5.46. The summed E-state index contributed by atoms with van der Waals surface area (Å²) in [5.41, 5.74) is 1.65. The minimum Gasteiger partial charge on any atom is -0.326 e. The summed E-state index contributed by atoms with van der Waals surface area (Å²) in [6.45, 7) is 1.81. The Bertz CT molecular complexity index is 619. The van der Waals surface area contributed by atoms with E-state index in [1.807, 2.05) is 0 Å². The molecule has 1 aliphatic carbocycles. The van der Waals surface area contributed by atoms with Crippen molar-refractivity contribution in [2.45, 2.75) is 44.1 Å². The lowest BCUT2D eigenvalue weighted by Crippen LogP contribution is -2.32. The van der Waals surface area contributed by atoms with Crippen molar-refractivity contribution in [2.24, 2.45) is 0 Å². The lowest BCUT2D eigenvalue weighted by molar-refractivity contribution is 0.236. The van der Waals surface area contributed by atoms with Crippen molar-refractivity contribution >= 4 is 22.6 Å². The summed E-state index contributed by atoms with van der Waals surface area (Å²) < 4.78 is 15.4. The van der Waals surface area contributed by atoms with Gasteiger partial charge < -0.3 is 9.47 Å². The van der Waals surface area contributed by atoms with Gasteiger partial charge in [-0.05, 0) is 32.0 Å². The number of benzene rings is 1. The van der Waals surface area contributed by atoms with Gasteiger partial charge in [0.15, 0.2) is 0 Å². The van der Waals surface area contributed by atoms with Gasteiger partial charge in [-0.1, -0.05) is 12.8 Å². The van der Waals surface area contributed by atoms with Crippen molar-refractivity contribution in [3.05, 3.63) is 29.8 Å². The Balaban J connectivity index is 1.78. The van der Waals surface area contributed by atoms with Gasteiger partial charge in [-0.15, -0.1) is 11.6 Å². The van der Waals surface area contributed by atoms with Crippen molar-refractivity contribution in [1.82, 2.24) is 14.5 Å². The summed E-state index contributed by atoms with van der Waals surface area (Å²) in [6.07, 6.45) is 5.29. The average Bonchev–Trinajstić information content (AvgIpc) is 3.11. The molecule has 114 valence electrons. The molecule has 0 spiro atoms. The van der Waals surface area contributed by atoms with Gasteiger partial charge in [0.1, 0.15) is 11.6 Å². The molecule has 0 amide bonds. The van der Waals surface area contributed by atoms with Gasteiger partial charge in [-0.2, -0.15) is 0 Å². The molecule has 0 aliphatic heterocycles. The summed E-state index contributed by atoms with van der Waals surface area (Å²) in [5.74, 6) is 0.914. The maximum atomic E-state index is 13.3. The predicted molar refractivity (Wildman–Crippen MR) is 84.1 cm³/mol. The zero-order chi connectivity index (χ0) is 14.8. The predicted octanol–water partition coefficient (Wildman–Crippen LogP) is 3.79. The Labute approximate surface area is 129 Å². The minimum atomic E-state index is -0.253.